The van der Waals surface area contributed by atoms with Crippen LogP contribution in [0.3, 0.4) is 0 Å². The molecule has 4 aromatic rings. The van der Waals surface area contributed by atoms with E-state index in [1.54, 1.807) is 55.6 Å². The van der Waals surface area contributed by atoms with Crippen molar-refractivity contribution in [2.75, 3.05) is 24.8 Å². The van der Waals surface area contributed by atoms with Gasteiger partial charge in [-0.05, 0) is 48.0 Å². The second-order valence-electron chi connectivity index (χ2n) is 9.90. The van der Waals surface area contributed by atoms with E-state index >= 15 is 0 Å². The quantitative estimate of drug-likeness (QED) is 0.229. The number of rotatable bonds is 7. The molecule has 0 aliphatic carbocycles. The molecule has 0 radical (unpaired) electrons. The standard InChI is InChI=1S/C29H29ClFN5O3.ClH/c1-29(2,3)28(38)33-15-16-9-12-21(30)20(13-16)27(37)34-17-10-11-18-22(14-17)35-26(36-25(18)32-4)19-7-6-8-23(39-5)24(19)31;/h6-14H,15H2,1-5H3,(H,33,38)(H,34,37)(H,32,35,36);1H. The first-order valence-electron chi connectivity index (χ1n) is 12.2. The molecule has 3 N–H and O–H groups in total. The number of aromatic nitrogens is 2. The molecule has 0 saturated carbocycles. The van der Waals surface area contributed by atoms with Gasteiger partial charge < -0.3 is 20.7 Å². The van der Waals surface area contributed by atoms with Crippen LogP contribution >= 0.6 is 24.0 Å². The SMILES string of the molecule is CNc1nc(-c2cccc(OC)c2F)nc2cc(NC(=O)c3cc(CNC(=O)C(C)(C)C)ccc3Cl)ccc12.Cl. The highest BCUT2D eigenvalue weighted by Crippen LogP contribution is 2.31. The van der Waals surface area contributed by atoms with Gasteiger partial charge in [-0.15, -0.1) is 12.4 Å². The van der Waals surface area contributed by atoms with E-state index in [1.807, 2.05) is 20.8 Å². The molecule has 3 aromatic carbocycles. The maximum Gasteiger partial charge on any atom is 0.257 e. The van der Waals surface area contributed by atoms with Gasteiger partial charge >= 0.3 is 0 Å². The molecule has 11 heteroatoms. The third-order valence-electron chi connectivity index (χ3n) is 6.03. The number of fused-ring (bicyclic) bond motifs is 1. The number of amides is 2. The van der Waals surface area contributed by atoms with E-state index in [2.05, 4.69) is 25.9 Å². The van der Waals surface area contributed by atoms with Gasteiger partial charge in [0, 0.05) is 30.1 Å². The van der Waals surface area contributed by atoms with Crippen LogP contribution in [0.15, 0.2) is 54.6 Å². The molecule has 0 aliphatic heterocycles. The van der Waals surface area contributed by atoms with Gasteiger partial charge in [-0.25, -0.2) is 14.4 Å². The topological polar surface area (TPSA) is 105 Å². The average molecular weight is 586 g/mol. The van der Waals surface area contributed by atoms with Gasteiger partial charge in [0.25, 0.3) is 5.91 Å². The average Bonchev–Trinajstić information content (AvgIpc) is 2.91. The number of ether oxygens (including phenoxy) is 1. The number of nitrogens with zero attached hydrogens (tertiary/aromatic N) is 2. The Balaban J connectivity index is 0.00000441. The van der Waals surface area contributed by atoms with Crippen molar-refractivity contribution in [2.45, 2.75) is 27.3 Å². The summed E-state index contributed by atoms with van der Waals surface area (Å²) in [5.74, 6) is -0.344. The van der Waals surface area contributed by atoms with E-state index < -0.39 is 17.1 Å². The van der Waals surface area contributed by atoms with Crippen molar-refractivity contribution in [1.29, 1.82) is 0 Å². The highest BCUT2D eigenvalue weighted by Gasteiger charge is 2.21. The van der Waals surface area contributed by atoms with Crippen LogP contribution in [0.1, 0.15) is 36.7 Å². The third kappa shape index (κ3) is 6.60. The van der Waals surface area contributed by atoms with Gasteiger partial charge in [0.1, 0.15) is 5.82 Å². The van der Waals surface area contributed by atoms with Gasteiger partial charge in [-0.1, -0.05) is 44.5 Å². The van der Waals surface area contributed by atoms with Crippen LogP contribution in [0, 0.1) is 11.2 Å². The number of hydrogen-bond acceptors (Lipinski definition) is 6. The molecule has 8 nitrogen and oxygen atoms in total. The van der Waals surface area contributed by atoms with E-state index in [-0.39, 0.29) is 52.6 Å². The molecule has 4 rings (SSSR count). The molecule has 0 unspecified atom stereocenters. The molecule has 0 aliphatic rings. The zero-order valence-corrected chi connectivity index (χ0v) is 24.3. The zero-order valence-electron chi connectivity index (χ0n) is 22.7. The van der Waals surface area contributed by atoms with Crippen molar-refractivity contribution in [3.63, 3.8) is 0 Å². The molecule has 0 atom stereocenters. The van der Waals surface area contributed by atoms with Crippen molar-refractivity contribution in [1.82, 2.24) is 15.3 Å². The maximum atomic E-state index is 14.9. The number of carbonyl (C=O) groups excluding carboxylic acids is 2. The second kappa shape index (κ2) is 12.5. The fourth-order valence-electron chi connectivity index (χ4n) is 3.86. The van der Waals surface area contributed by atoms with E-state index in [4.69, 9.17) is 16.3 Å². The van der Waals surface area contributed by atoms with Crippen LogP contribution in [0.25, 0.3) is 22.3 Å². The van der Waals surface area contributed by atoms with E-state index in [0.717, 1.165) is 5.56 Å². The molecule has 0 saturated heterocycles. The van der Waals surface area contributed by atoms with E-state index in [9.17, 15) is 14.0 Å². The molecule has 210 valence electrons. The smallest absolute Gasteiger partial charge is 0.257 e. The Morgan fingerprint density at radius 1 is 1.05 bits per heavy atom. The van der Waals surface area contributed by atoms with Crippen LogP contribution in [0.2, 0.25) is 5.02 Å². The Morgan fingerprint density at radius 3 is 2.48 bits per heavy atom. The minimum Gasteiger partial charge on any atom is -0.494 e. The fourth-order valence-corrected chi connectivity index (χ4v) is 4.07. The Hall–Kier alpha value is -3.95. The predicted molar refractivity (Wildman–Crippen MR) is 159 cm³/mol. The lowest BCUT2D eigenvalue weighted by molar-refractivity contribution is -0.128. The molecule has 2 amide bonds. The van der Waals surface area contributed by atoms with Crippen LogP contribution in [0.5, 0.6) is 5.75 Å². The summed E-state index contributed by atoms with van der Waals surface area (Å²) in [7, 11) is 3.10. The molecule has 1 heterocycles. The van der Waals surface area contributed by atoms with Crippen molar-refractivity contribution < 1.29 is 18.7 Å². The number of anilines is 2. The van der Waals surface area contributed by atoms with Gasteiger partial charge in [0.15, 0.2) is 17.4 Å². The summed E-state index contributed by atoms with van der Waals surface area (Å²) in [5, 5.41) is 9.70. The van der Waals surface area contributed by atoms with Crippen LogP contribution in [0.4, 0.5) is 15.9 Å². The summed E-state index contributed by atoms with van der Waals surface area (Å²) in [4.78, 5) is 34.4. The molecule has 40 heavy (non-hydrogen) atoms. The summed E-state index contributed by atoms with van der Waals surface area (Å²) >= 11 is 6.33. The second-order valence-corrected chi connectivity index (χ2v) is 10.3. The largest absolute Gasteiger partial charge is 0.494 e. The van der Waals surface area contributed by atoms with Crippen molar-refractivity contribution in [3.05, 3.63) is 76.6 Å². The molecular formula is C29H30Cl2FN5O3. The minimum atomic E-state index is -0.570. The van der Waals surface area contributed by atoms with Crippen LogP contribution in [-0.2, 0) is 11.3 Å². The van der Waals surface area contributed by atoms with Gasteiger partial charge in [0.2, 0.25) is 5.91 Å². The first kappa shape index (κ1) is 30.6. The van der Waals surface area contributed by atoms with Gasteiger partial charge in [-0.3, -0.25) is 9.59 Å². The molecular weight excluding hydrogens is 556 g/mol. The van der Waals surface area contributed by atoms with Crippen LogP contribution < -0.4 is 20.7 Å². The summed E-state index contributed by atoms with van der Waals surface area (Å²) in [6.07, 6.45) is 0. The number of benzene rings is 3. The molecule has 1 aromatic heterocycles. The number of halogens is 3. The summed E-state index contributed by atoms with van der Waals surface area (Å²) in [6, 6.07) is 14.9. The summed E-state index contributed by atoms with van der Waals surface area (Å²) < 4.78 is 20.0. The Kier molecular flexibility index (Phi) is 9.55. The van der Waals surface area contributed by atoms with Crippen molar-refractivity contribution in [3.8, 4) is 17.1 Å². The maximum absolute atomic E-state index is 14.9. The summed E-state index contributed by atoms with van der Waals surface area (Å²) in [6.45, 7) is 5.74. The molecule has 0 bridgehead atoms. The monoisotopic (exact) mass is 585 g/mol. The van der Waals surface area contributed by atoms with Gasteiger partial charge in [-0.2, -0.15) is 0 Å². The van der Waals surface area contributed by atoms with E-state index in [1.165, 1.54) is 13.2 Å². The highest BCUT2D eigenvalue weighted by molar-refractivity contribution is 6.34. The van der Waals surface area contributed by atoms with Gasteiger partial charge in [0.05, 0.1) is 28.8 Å². The number of nitrogens with one attached hydrogen (secondary N) is 3. The molecule has 0 fully saturated rings. The lowest BCUT2D eigenvalue weighted by atomic mass is 9.95. The zero-order chi connectivity index (χ0) is 28.3. The molecule has 0 spiro atoms. The fraction of sp³-hybridized carbons (Fsp3) is 0.241. The number of methoxy groups -OCH3 is 1. The normalized spacial score (nSPS) is 11.0. The minimum absolute atomic E-state index is 0. The Labute approximate surface area is 243 Å². The first-order chi connectivity index (χ1) is 18.5. The third-order valence-corrected chi connectivity index (χ3v) is 6.35. The first-order valence-corrected chi connectivity index (χ1v) is 12.6. The van der Waals surface area contributed by atoms with E-state index in [0.29, 0.717) is 22.4 Å². The lowest BCUT2D eigenvalue weighted by Crippen LogP contribution is -2.34. The summed E-state index contributed by atoms with van der Waals surface area (Å²) in [5.41, 5.74) is 1.61. The highest BCUT2D eigenvalue weighted by atomic mass is 35.5. The lowest BCUT2D eigenvalue weighted by Gasteiger charge is -2.18. The number of carbonyl (C=O) groups is 2. The predicted octanol–water partition coefficient (Wildman–Crippen LogP) is 6.48. The Morgan fingerprint density at radius 2 is 1.80 bits per heavy atom. The van der Waals surface area contributed by atoms with Crippen molar-refractivity contribution >= 4 is 58.2 Å². The Bertz CT molecular complexity index is 1570. The van der Waals surface area contributed by atoms with Crippen LogP contribution in [-0.4, -0.2) is 35.9 Å². The number of hydrogen-bond donors (Lipinski definition) is 3. The van der Waals surface area contributed by atoms with Crippen molar-refractivity contribution in [2.24, 2.45) is 5.41 Å².